The van der Waals surface area contributed by atoms with Crippen LogP contribution in [0.15, 0.2) is 18.2 Å². The van der Waals surface area contributed by atoms with Crippen molar-refractivity contribution in [2.45, 2.75) is 55.4 Å². The number of aryl methyl sites for hydroxylation is 2. The number of anilines is 1. The molecule has 0 aliphatic carbocycles. The third-order valence-corrected chi connectivity index (χ3v) is 1.83. The van der Waals surface area contributed by atoms with Gasteiger partial charge in [-0.25, -0.2) is 0 Å². The Morgan fingerprint density at radius 1 is 0.765 bits per heavy atom. The second kappa shape index (κ2) is 15.0. The maximum atomic E-state index is 2.20. The van der Waals surface area contributed by atoms with Crippen LogP contribution in [0.1, 0.15) is 52.7 Å². The Morgan fingerprint density at radius 2 is 1.18 bits per heavy atom. The maximum Gasteiger partial charge on any atom is 0.0390 e. The first-order valence-electron chi connectivity index (χ1n) is 6.86. The summed E-state index contributed by atoms with van der Waals surface area (Å²) in [4.78, 5) is 2.13. The molecule has 17 heavy (non-hydrogen) atoms. The fourth-order valence-electron chi connectivity index (χ4n) is 1.31. The van der Waals surface area contributed by atoms with Gasteiger partial charge in [-0.3, -0.25) is 0 Å². The number of nitrogens with zero attached hydrogens (tertiary/aromatic N) is 1. The highest BCUT2D eigenvalue weighted by molar-refractivity contribution is 5.52. The summed E-state index contributed by atoms with van der Waals surface area (Å²) >= 11 is 0. The Kier molecular flexibility index (Phi) is 18.8. The summed E-state index contributed by atoms with van der Waals surface area (Å²) in [7, 11) is 4.13. The van der Waals surface area contributed by atoms with Gasteiger partial charge < -0.3 is 4.90 Å². The van der Waals surface area contributed by atoms with Crippen molar-refractivity contribution in [2.75, 3.05) is 19.0 Å². The van der Waals surface area contributed by atoms with Crippen LogP contribution in [0.3, 0.4) is 0 Å². The van der Waals surface area contributed by atoms with E-state index in [0.717, 1.165) is 0 Å². The molecule has 0 bridgehead atoms. The number of benzene rings is 1. The second-order valence-corrected chi connectivity index (χ2v) is 3.18. The van der Waals surface area contributed by atoms with Crippen LogP contribution >= 0.6 is 0 Å². The van der Waals surface area contributed by atoms with Crippen LogP contribution in [-0.2, 0) is 0 Å². The largest absolute Gasteiger partial charge is 0.377 e. The van der Waals surface area contributed by atoms with Gasteiger partial charge in [0, 0.05) is 19.8 Å². The monoisotopic (exact) mass is 239 g/mol. The molecule has 1 heteroatoms. The van der Waals surface area contributed by atoms with E-state index in [2.05, 4.69) is 51.0 Å². The average Bonchev–Trinajstić information content (AvgIpc) is 2.36. The van der Waals surface area contributed by atoms with Crippen molar-refractivity contribution in [3.8, 4) is 0 Å². The van der Waals surface area contributed by atoms with Crippen LogP contribution in [0.2, 0.25) is 0 Å². The Bertz CT molecular complexity index is 252. The zero-order chi connectivity index (χ0) is 14.4. The number of rotatable bonds is 1. The van der Waals surface area contributed by atoms with E-state index in [4.69, 9.17) is 0 Å². The lowest BCUT2D eigenvalue weighted by Crippen LogP contribution is -2.09. The van der Waals surface area contributed by atoms with E-state index in [1.54, 1.807) is 0 Å². The molecule has 1 aromatic carbocycles. The van der Waals surface area contributed by atoms with Gasteiger partial charge in [-0.2, -0.15) is 0 Å². The van der Waals surface area contributed by atoms with Crippen molar-refractivity contribution in [1.82, 2.24) is 0 Å². The number of hydrogen-bond donors (Lipinski definition) is 0. The van der Waals surface area contributed by atoms with E-state index in [1.165, 1.54) is 16.8 Å². The van der Waals surface area contributed by atoms with Gasteiger partial charge in [0.1, 0.15) is 0 Å². The number of hydrogen-bond acceptors (Lipinski definition) is 1. The molecule has 1 nitrogen and oxygen atoms in total. The molecule has 0 aliphatic rings. The van der Waals surface area contributed by atoms with E-state index in [1.807, 2.05) is 41.5 Å². The molecule has 0 saturated heterocycles. The highest BCUT2D eigenvalue weighted by atomic mass is 15.1. The minimum absolute atomic E-state index is 1.30. The van der Waals surface area contributed by atoms with E-state index >= 15 is 0 Å². The third kappa shape index (κ3) is 9.92. The summed E-state index contributed by atoms with van der Waals surface area (Å²) in [6.45, 7) is 16.3. The lowest BCUT2D eigenvalue weighted by molar-refractivity contribution is 1.11. The molecule has 0 amide bonds. The van der Waals surface area contributed by atoms with Crippen molar-refractivity contribution < 1.29 is 0 Å². The molecule has 0 aromatic heterocycles. The predicted octanol–water partition coefficient (Wildman–Crippen LogP) is 5.45. The highest BCUT2D eigenvalue weighted by Gasteiger charge is 1.98. The summed E-state index contributed by atoms with van der Waals surface area (Å²) in [6, 6.07) is 6.50. The topological polar surface area (TPSA) is 3.24 Å². The normalized spacial score (nSPS) is 7.41. The Morgan fingerprint density at radius 3 is 1.47 bits per heavy atom. The zero-order valence-corrected chi connectivity index (χ0v) is 13.7. The van der Waals surface area contributed by atoms with E-state index in [-0.39, 0.29) is 0 Å². The molecule has 1 rings (SSSR count). The molecule has 102 valence electrons. The second-order valence-electron chi connectivity index (χ2n) is 3.18. The van der Waals surface area contributed by atoms with Gasteiger partial charge in [0.15, 0.2) is 0 Å². The van der Waals surface area contributed by atoms with Crippen molar-refractivity contribution in [3.63, 3.8) is 0 Å². The van der Waals surface area contributed by atoms with E-state index in [0.29, 0.717) is 0 Å². The first-order chi connectivity index (χ1) is 8.11. The fourth-order valence-corrected chi connectivity index (χ4v) is 1.31. The standard InChI is InChI=1S/C10H15N.3C2H6/c1-8-5-6-10(11(3)4)9(2)7-8;3*1-2/h5-7H,1-4H3;3*1-2H3. The van der Waals surface area contributed by atoms with Crippen LogP contribution in [0.5, 0.6) is 0 Å². The first kappa shape index (κ1) is 21.3. The smallest absolute Gasteiger partial charge is 0.0390 e. The fraction of sp³-hybridized carbons (Fsp3) is 0.625. The molecular weight excluding hydrogens is 206 g/mol. The molecule has 0 aliphatic heterocycles. The summed E-state index contributed by atoms with van der Waals surface area (Å²) in [6.07, 6.45) is 0. The Labute approximate surface area is 110 Å². The van der Waals surface area contributed by atoms with Crippen molar-refractivity contribution in [1.29, 1.82) is 0 Å². The van der Waals surface area contributed by atoms with Crippen LogP contribution < -0.4 is 4.90 Å². The van der Waals surface area contributed by atoms with Gasteiger partial charge in [-0.1, -0.05) is 59.2 Å². The van der Waals surface area contributed by atoms with Crippen LogP contribution in [0.25, 0.3) is 0 Å². The van der Waals surface area contributed by atoms with Crippen LogP contribution in [-0.4, -0.2) is 14.1 Å². The minimum Gasteiger partial charge on any atom is -0.377 e. The zero-order valence-electron chi connectivity index (χ0n) is 13.7. The minimum atomic E-state index is 1.30. The first-order valence-corrected chi connectivity index (χ1v) is 6.86. The van der Waals surface area contributed by atoms with Crippen molar-refractivity contribution >= 4 is 5.69 Å². The molecule has 0 heterocycles. The van der Waals surface area contributed by atoms with Gasteiger partial charge in [-0.15, -0.1) is 0 Å². The van der Waals surface area contributed by atoms with Crippen LogP contribution in [0.4, 0.5) is 5.69 Å². The van der Waals surface area contributed by atoms with Gasteiger partial charge in [-0.05, 0) is 25.5 Å². The predicted molar refractivity (Wildman–Crippen MR) is 84.3 cm³/mol. The summed E-state index contributed by atoms with van der Waals surface area (Å²) in [5, 5.41) is 0. The molecule has 0 atom stereocenters. The van der Waals surface area contributed by atoms with Gasteiger partial charge in [0.25, 0.3) is 0 Å². The molecule has 0 radical (unpaired) electrons. The van der Waals surface area contributed by atoms with Crippen molar-refractivity contribution in [3.05, 3.63) is 29.3 Å². The van der Waals surface area contributed by atoms with E-state index in [9.17, 15) is 0 Å². The molecule has 0 spiro atoms. The molecule has 0 saturated carbocycles. The van der Waals surface area contributed by atoms with Gasteiger partial charge in [0.2, 0.25) is 0 Å². The highest BCUT2D eigenvalue weighted by Crippen LogP contribution is 2.17. The lowest BCUT2D eigenvalue weighted by Gasteiger charge is -2.15. The third-order valence-electron chi connectivity index (χ3n) is 1.83. The molecule has 1 aromatic rings. The van der Waals surface area contributed by atoms with E-state index < -0.39 is 0 Å². The lowest BCUT2D eigenvalue weighted by atomic mass is 10.1. The Balaban J connectivity index is -0.000000285. The van der Waals surface area contributed by atoms with Gasteiger partial charge in [0.05, 0.1) is 0 Å². The van der Waals surface area contributed by atoms with Gasteiger partial charge >= 0.3 is 0 Å². The summed E-state index contributed by atoms with van der Waals surface area (Å²) < 4.78 is 0. The SMILES string of the molecule is CC.CC.CC.Cc1ccc(N(C)C)c(C)c1. The Hall–Kier alpha value is -0.980. The molecule has 0 fully saturated rings. The maximum absolute atomic E-state index is 2.20. The van der Waals surface area contributed by atoms with Crippen molar-refractivity contribution in [2.24, 2.45) is 0 Å². The quantitative estimate of drug-likeness (QED) is 0.630. The molecular formula is C16H33N. The van der Waals surface area contributed by atoms with Crippen LogP contribution in [0, 0.1) is 13.8 Å². The average molecular weight is 239 g/mol. The molecule has 0 unspecified atom stereocenters. The summed E-state index contributed by atoms with van der Waals surface area (Å²) in [5.74, 6) is 0. The molecule has 0 N–H and O–H groups in total. The summed E-state index contributed by atoms with van der Waals surface area (Å²) in [5.41, 5.74) is 3.97.